The summed E-state index contributed by atoms with van der Waals surface area (Å²) in [5, 5.41) is 2.84. The lowest BCUT2D eigenvalue weighted by Gasteiger charge is -2.17. The number of amides is 1. The summed E-state index contributed by atoms with van der Waals surface area (Å²) in [4.78, 5) is 12.0. The van der Waals surface area contributed by atoms with Crippen LogP contribution in [0.5, 0.6) is 0 Å². The fourth-order valence-electron chi connectivity index (χ4n) is 3.27. The first-order valence-electron chi connectivity index (χ1n) is 7.62. The molecule has 0 spiro atoms. The Bertz CT molecular complexity index is 651. The van der Waals surface area contributed by atoms with Gasteiger partial charge in [-0.25, -0.2) is 8.42 Å². The minimum absolute atomic E-state index is 0.0761. The van der Waals surface area contributed by atoms with Crippen molar-refractivity contribution in [1.82, 2.24) is 5.32 Å². The van der Waals surface area contributed by atoms with Gasteiger partial charge in [-0.3, -0.25) is 4.79 Å². The molecule has 1 aromatic rings. The molecule has 5 heteroatoms. The molecule has 0 radical (unpaired) electrons. The van der Waals surface area contributed by atoms with Crippen LogP contribution >= 0.6 is 0 Å². The van der Waals surface area contributed by atoms with E-state index in [2.05, 4.69) is 17.4 Å². The second kappa shape index (κ2) is 5.79. The zero-order chi connectivity index (χ0) is 14.9. The molecule has 4 nitrogen and oxygen atoms in total. The Labute approximate surface area is 125 Å². The monoisotopic (exact) mass is 307 g/mol. The molecular weight excluding hydrogens is 286 g/mol. The number of benzene rings is 1. The highest BCUT2D eigenvalue weighted by molar-refractivity contribution is 7.91. The number of sulfone groups is 1. The summed E-state index contributed by atoms with van der Waals surface area (Å²) < 4.78 is 22.8. The first kappa shape index (κ1) is 14.6. The van der Waals surface area contributed by atoms with E-state index in [9.17, 15) is 13.2 Å². The SMILES string of the molecule is O=C(Cc1ccc2c(c1)CCCC2)N[C@H]1CCS(=O)(=O)C1. The van der Waals surface area contributed by atoms with E-state index in [0.717, 1.165) is 18.4 Å². The lowest BCUT2D eigenvalue weighted by atomic mass is 9.90. The molecule has 0 saturated carbocycles. The Kier molecular flexibility index (Phi) is 4.02. The highest BCUT2D eigenvalue weighted by atomic mass is 32.2. The molecule has 0 unspecified atom stereocenters. The predicted molar refractivity (Wildman–Crippen MR) is 82.0 cm³/mol. The summed E-state index contributed by atoms with van der Waals surface area (Å²) in [6.45, 7) is 0. The molecule has 1 atom stereocenters. The fourth-order valence-corrected chi connectivity index (χ4v) is 4.94. The van der Waals surface area contributed by atoms with Crippen molar-refractivity contribution >= 4 is 15.7 Å². The summed E-state index contributed by atoms with van der Waals surface area (Å²) in [5.74, 6) is 0.201. The summed E-state index contributed by atoms with van der Waals surface area (Å²) >= 11 is 0. The molecule has 1 N–H and O–H groups in total. The Morgan fingerprint density at radius 1 is 1.19 bits per heavy atom. The predicted octanol–water partition coefficient (Wildman–Crippen LogP) is 1.41. The maximum Gasteiger partial charge on any atom is 0.224 e. The van der Waals surface area contributed by atoms with Crippen molar-refractivity contribution in [2.45, 2.75) is 44.6 Å². The van der Waals surface area contributed by atoms with Gasteiger partial charge in [-0.2, -0.15) is 0 Å². The Morgan fingerprint density at radius 2 is 1.95 bits per heavy atom. The third-order valence-electron chi connectivity index (χ3n) is 4.38. The lowest BCUT2D eigenvalue weighted by Crippen LogP contribution is -2.36. The van der Waals surface area contributed by atoms with E-state index in [1.54, 1.807) is 0 Å². The standard InChI is InChI=1S/C16H21NO3S/c18-16(17-15-7-8-21(19,20)11-15)10-12-5-6-13-3-1-2-4-14(13)9-12/h5-6,9,15H,1-4,7-8,10-11H2,(H,17,18)/t15-/m0/s1. The number of aryl methyl sites for hydroxylation is 2. The summed E-state index contributed by atoms with van der Waals surface area (Å²) in [5.41, 5.74) is 3.80. The number of hydrogen-bond acceptors (Lipinski definition) is 3. The maximum atomic E-state index is 12.0. The van der Waals surface area contributed by atoms with Crippen LogP contribution in [0.1, 0.15) is 36.0 Å². The first-order valence-corrected chi connectivity index (χ1v) is 9.44. The molecule has 2 aliphatic rings. The van der Waals surface area contributed by atoms with E-state index >= 15 is 0 Å². The van der Waals surface area contributed by atoms with Gasteiger partial charge in [0.1, 0.15) is 0 Å². The van der Waals surface area contributed by atoms with Crippen molar-refractivity contribution in [3.05, 3.63) is 34.9 Å². The molecule has 1 heterocycles. The first-order chi connectivity index (χ1) is 10.0. The van der Waals surface area contributed by atoms with Crippen molar-refractivity contribution in [2.75, 3.05) is 11.5 Å². The van der Waals surface area contributed by atoms with Crippen LogP contribution in [0.3, 0.4) is 0 Å². The smallest absolute Gasteiger partial charge is 0.224 e. The molecule has 1 amide bonds. The number of rotatable bonds is 3. The van der Waals surface area contributed by atoms with Crippen LogP contribution in [0.15, 0.2) is 18.2 Å². The van der Waals surface area contributed by atoms with E-state index in [0.29, 0.717) is 12.8 Å². The van der Waals surface area contributed by atoms with Crippen LogP contribution in [0, 0.1) is 0 Å². The van der Waals surface area contributed by atoms with Crippen LogP contribution in [0.2, 0.25) is 0 Å². The maximum absolute atomic E-state index is 12.0. The van der Waals surface area contributed by atoms with Gasteiger partial charge in [0, 0.05) is 6.04 Å². The second-order valence-electron chi connectivity index (χ2n) is 6.15. The quantitative estimate of drug-likeness (QED) is 0.918. The van der Waals surface area contributed by atoms with Gasteiger partial charge in [0.2, 0.25) is 5.91 Å². The largest absolute Gasteiger partial charge is 0.352 e. The van der Waals surface area contributed by atoms with Crippen LogP contribution in [0.25, 0.3) is 0 Å². The number of carbonyl (C=O) groups is 1. The Morgan fingerprint density at radius 3 is 2.67 bits per heavy atom. The summed E-state index contributed by atoms with van der Waals surface area (Å²) in [6, 6.07) is 6.09. The molecule has 1 aliphatic carbocycles. The van der Waals surface area contributed by atoms with Crippen molar-refractivity contribution in [3.8, 4) is 0 Å². The molecule has 1 saturated heterocycles. The molecule has 114 valence electrons. The van der Waals surface area contributed by atoms with Gasteiger partial charge in [0.15, 0.2) is 9.84 Å². The molecule has 0 bridgehead atoms. The molecule has 1 aromatic carbocycles. The zero-order valence-electron chi connectivity index (χ0n) is 12.1. The highest BCUT2D eigenvalue weighted by Gasteiger charge is 2.28. The van der Waals surface area contributed by atoms with E-state index < -0.39 is 9.84 Å². The van der Waals surface area contributed by atoms with Gasteiger partial charge < -0.3 is 5.32 Å². The van der Waals surface area contributed by atoms with Crippen LogP contribution < -0.4 is 5.32 Å². The minimum Gasteiger partial charge on any atom is -0.352 e. The van der Waals surface area contributed by atoms with Crippen molar-refractivity contribution in [1.29, 1.82) is 0 Å². The van der Waals surface area contributed by atoms with Crippen LogP contribution in [-0.4, -0.2) is 31.9 Å². The zero-order valence-corrected chi connectivity index (χ0v) is 12.9. The summed E-state index contributed by atoms with van der Waals surface area (Å²) in [7, 11) is -2.94. The van der Waals surface area contributed by atoms with Crippen molar-refractivity contribution in [3.63, 3.8) is 0 Å². The third kappa shape index (κ3) is 3.64. The number of fused-ring (bicyclic) bond motifs is 1. The number of carbonyl (C=O) groups excluding carboxylic acids is 1. The van der Waals surface area contributed by atoms with Crippen LogP contribution in [-0.2, 0) is 33.9 Å². The molecular formula is C16H21NO3S. The van der Waals surface area contributed by atoms with E-state index in [1.165, 1.54) is 24.0 Å². The normalized spacial score (nSPS) is 23.5. The second-order valence-corrected chi connectivity index (χ2v) is 8.38. The molecule has 1 aliphatic heterocycles. The molecule has 1 fully saturated rings. The number of nitrogens with one attached hydrogen (secondary N) is 1. The summed E-state index contributed by atoms with van der Waals surface area (Å²) in [6.07, 6.45) is 5.60. The average molecular weight is 307 g/mol. The van der Waals surface area contributed by atoms with E-state index in [1.807, 2.05) is 6.07 Å². The number of hydrogen-bond donors (Lipinski definition) is 1. The highest BCUT2D eigenvalue weighted by Crippen LogP contribution is 2.22. The van der Waals surface area contributed by atoms with E-state index in [-0.39, 0.29) is 23.5 Å². The average Bonchev–Trinajstić information content (AvgIpc) is 2.77. The van der Waals surface area contributed by atoms with Gasteiger partial charge in [-0.05, 0) is 48.8 Å². The molecule has 21 heavy (non-hydrogen) atoms. The fraction of sp³-hybridized carbons (Fsp3) is 0.562. The van der Waals surface area contributed by atoms with E-state index in [4.69, 9.17) is 0 Å². The minimum atomic E-state index is -2.94. The Balaban J connectivity index is 1.60. The van der Waals surface area contributed by atoms with Crippen LogP contribution in [0.4, 0.5) is 0 Å². The molecule has 3 rings (SSSR count). The third-order valence-corrected chi connectivity index (χ3v) is 6.14. The Hall–Kier alpha value is -1.36. The van der Waals surface area contributed by atoms with Crippen molar-refractivity contribution < 1.29 is 13.2 Å². The molecule has 0 aromatic heterocycles. The van der Waals surface area contributed by atoms with Gasteiger partial charge in [-0.15, -0.1) is 0 Å². The topological polar surface area (TPSA) is 63.2 Å². The van der Waals surface area contributed by atoms with Gasteiger partial charge in [0.05, 0.1) is 17.9 Å². The van der Waals surface area contributed by atoms with Crippen molar-refractivity contribution in [2.24, 2.45) is 0 Å². The van der Waals surface area contributed by atoms with Gasteiger partial charge >= 0.3 is 0 Å². The van der Waals surface area contributed by atoms with Gasteiger partial charge in [-0.1, -0.05) is 18.2 Å². The van der Waals surface area contributed by atoms with Gasteiger partial charge in [0.25, 0.3) is 0 Å². The lowest BCUT2D eigenvalue weighted by molar-refractivity contribution is -0.120.